The van der Waals surface area contributed by atoms with Crippen LogP contribution in [0.25, 0.3) is 6.08 Å². The molecule has 0 bridgehead atoms. The molecule has 6 nitrogen and oxygen atoms in total. The molecule has 0 unspecified atom stereocenters. The van der Waals surface area contributed by atoms with Crippen molar-refractivity contribution in [1.29, 1.82) is 0 Å². The van der Waals surface area contributed by atoms with Crippen LogP contribution >= 0.6 is 15.9 Å². The fourth-order valence-electron chi connectivity index (χ4n) is 7.36. The van der Waals surface area contributed by atoms with Crippen molar-refractivity contribution >= 4 is 40.9 Å². The Balaban J connectivity index is 1.40. The quantitative estimate of drug-likeness (QED) is 0.224. The Hall–Kier alpha value is -1.90. The van der Waals surface area contributed by atoms with Gasteiger partial charge in [0.25, 0.3) is 0 Å². The number of allylic oxidation sites excluding steroid dienone is 2. The molecule has 2 saturated heterocycles. The number of hydrogen-bond acceptors (Lipinski definition) is 5. The summed E-state index contributed by atoms with van der Waals surface area (Å²) in [6.45, 7) is 4.19. The van der Waals surface area contributed by atoms with Crippen LogP contribution in [0.5, 0.6) is 5.75 Å². The van der Waals surface area contributed by atoms with E-state index in [1.165, 1.54) is 17.6 Å². The van der Waals surface area contributed by atoms with Crippen LogP contribution in [0, 0.1) is 17.8 Å². The van der Waals surface area contributed by atoms with Gasteiger partial charge in [0.1, 0.15) is 5.75 Å². The average Bonchev–Trinajstić information content (AvgIpc) is 3.14. The molecule has 8 heteroatoms. The first kappa shape index (κ1) is 27.7. The van der Waals surface area contributed by atoms with E-state index in [0.29, 0.717) is 19.2 Å². The zero-order chi connectivity index (χ0) is 27.0. The molecule has 1 saturated carbocycles. The molecular weight excluding hydrogens is 545 g/mol. The van der Waals surface area contributed by atoms with Gasteiger partial charge in [-0.3, -0.25) is 14.5 Å². The molecule has 0 aromatic heterocycles. The molecule has 4 atom stereocenters. The predicted octanol–water partition coefficient (Wildman–Crippen LogP) is 6.27. The molecule has 4 aliphatic rings. The zero-order valence-corrected chi connectivity index (χ0v) is 24.1. The van der Waals surface area contributed by atoms with Crippen molar-refractivity contribution in [2.45, 2.75) is 96.5 Å². The number of hydrogen-bond donors (Lipinski definition) is 2. The van der Waals surface area contributed by atoms with Gasteiger partial charge in [-0.2, -0.15) is 0 Å². The van der Waals surface area contributed by atoms with E-state index in [0.717, 1.165) is 60.6 Å². The van der Waals surface area contributed by atoms with Gasteiger partial charge in [-0.1, -0.05) is 65.8 Å². The summed E-state index contributed by atoms with van der Waals surface area (Å²) in [5, 5.41) is 21.0. The monoisotopic (exact) mass is 583 g/mol. The maximum atomic E-state index is 13.8. The second kappa shape index (κ2) is 11.7. The van der Waals surface area contributed by atoms with E-state index in [1.54, 1.807) is 11.0 Å². The number of phenols is 1. The standard InChI is InChI=1S/C30H39BBrNO5/c1-3-7-19-16-23-28(30(36)33(29(23)35)22-8-5-4-6-9-22)24-17-31(37)38-26(27(19)24)13-10-18(2)14-20-15-21(32)11-12-25(20)34/h11-12,14-15,22-24,26,28,34,37H,3-10,13,16-17H2,1-2H3/b18-14+/t23-,24+,26-,28-/m1/s1. The Bertz CT molecular complexity index is 1140. The minimum atomic E-state index is -0.944. The number of benzene rings is 1. The van der Waals surface area contributed by atoms with Crippen LogP contribution in [0.15, 0.2) is 39.4 Å². The van der Waals surface area contributed by atoms with E-state index in [4.69, 9.17) is 4.65 Å². The number of phenolic OH excluding ortho intramolecular Hbond substituents is 1. The van der Waals surface area contributed by atoms with Gasteiger partial charge in [-0.25, -0.2) is 0 Å². The number of fused-ring (bicyclic) bond motifs is 3. The first-order valence-corrected chi connectivity index (χ1v) is 15.2. The third-order valence-electron chi connectivity index (χ3n) is 9.03. The topological polar surface area (TPSA) is 87.1 Å². The zero-order valence-electron chi connectivity index (χ0n) is 22.5. The number of carbonyl (C=O) groups is 2. The molecule has 2 aliphatic heterocycles. The molecule has 2 heterocycles. The predicted molar refractivity (Wildman–Crippen MR) is 152 cm³/mol. The minimum absolute atomic E-state index is 0.0148. The van der Waals surface area contributed by atoms with Gasteiger partial charge < -0.3 is 14.8 Å². The van der Waals surface area contributed by atoms with E-state index >= 15 is 0 Å². The third kappa shape index (κ3) is 5.41. The third-order valence-corrected chi connectivity index (χ3v) is 9.52. The summed E-state index contributed by atoms with van der Waals surface area (Å²) in [6.07, 6.45) is 11.1. The van der Waals surface area contributed by atoms with Crippen molar-refractivity contribution in [1.82, 2.24) is 4.90 Å². The van der Waals surface area contributed by atoms with Gasteiger partial charge >= 0.3 is 7.12 Å². The first-order valence-electron chi connectivity index (χ1n) is 14.4. The molecule has 0 spiro atoms. The fourth-order valence-corrected chi connectivity index (χ4v) is 7.74. The lowest BCUT2D eigenvalue weighted by molar-refractivity contribution is -0.143. The number of rotatable bonds is 7. The van der Waals surface area contributed by atoms with Crippen LogP contribution in [0.2, 0.25) is 6.32 Å². The smallest absolute Gasteiger partial charge is 0.455 e. The van der Waals surface area contributed by atoms with Crippen molar-refractivity contribution in [2.24, 2.45) is 17.8 Å². The Morgan fingerprint density at radius 3 is 2.68 bits per heavy atom. The van der Waals surface area contributed by atoms with Gasteiger partial charge in [-0.15, -0.1) is 0 Å². The average molecular weight is 584 g/mol. The fraction of sp³-hybridized carbons (Fsp3) is 0.600. The molecule has 38 heavy (non-hydrogen) atoms. The lowest BCUT2D eigenvalue weighted by Gasteiger charge is -2.43. The van der Waals surface area contributed by atoms with Gasteiger partial charge in [0, 0.05) is 16.1 Å². The van der Waals surface area contributed by atoms with E-state index in [2.05, 4.69) is 22.9 Å². The minimum Gasteiger partial charge on any atom is -0.507 e. The molecule has 2 N–H and O–H groups in total. The van der Waals surface area contributed by atoms with Gasteiger partial charge in [0.05, 0.1) is 17.9 Å². The summed E-state index contributed by atoms with van der Waals surface area (Å²) in [6, 6.07) is 5.41. The second-order valence-corrected chi connectivity index (χ2v) is 12.6. The summed E-state index contributed by atoms with van der Waals surface area (Å²) in [5.41, 5.74) is 4.28. The molecule has 5 rings (SSSR count). The molecule has 1 aromatic carbocycles. The largest absolute Gasteiger partial charge is 0.507 e. The Morgan fingerprint density at radius 1 is 1.18 bits per heavy atom. The summed E-state index contributed by atoms with van der Waals surface area (Å²) >= 11 is 3.47. The van der Waals surface area contributed by atoms with Gasteiger partial charge in [0.15, 0.2) is 0 Å². The van der Waals surface area contributed by atoms with Gasteiger partial charge in [0.2, 0.25) is 11.8 Å². The van der Waals surface area contributed by atoms with Crippen LogP contribution in [-0.2, 0) is 14.2 Å². The molecule has 3 fully saturated rings. The van der Waals surface area contributed by atoms with Crippen molar-refractivity contribution in [3.63, 3.8) is 0 Å². The number of likely N-dealkylation sites (tertiary alicyclic amines) is 1. The maximum Gasteiger partial charge on any atom is 0.455 e. The molecule has 2 amide bonds. The lowest BCUT2D eigenvalue weighted by atomic mass is 9.58. The molecule has 0 radical (unpaired) electrons. The maximum absolute atomic E-state index is 13.8. The van der Waals surface area contributed by atoms with Gasteiger partial charge in [-0.05, 0) is 81.5 Å². The first-order chi connectivity index (χ1) is 18.3. The van der Waals surface area contributed by atoms with E-state index in [-0.39, 0.29) is 47.5 Å². The highest BCUT2D eigenvalue weighted by Crippen LogP contribution is 2.52. The summed E-state index contributed by atoms with van der Waals surface area (Å²) in [5.74, 6) is -0.588. The molecule has 1 aromatic rings. The number of nitrogens with zero attached hydrogens (tertiary/aromatic N) is 1. The number of halogens is 1. The highest BCUT2D eigenvalue weighted by molar-refractivity contribution is 9.10. The highest BCUT2D eigenvalue weighted by Gasteiger charge is 2.58. The van der Waals surface area contributed by atoms with E-state index in [9.17, 15) is 19.7 Å². The molecule has 204 valence electrons. The molecular formula is C30H39BBrNO5. The van der Waals surface area contributed by atoms with Crippen LogP contribution in [0.3, 0.4) is 0 Å². The van der Waals surface area contributed by atoms with E-state index < -0.39 is 7.12 Å². The Kier molecular flexibility index (Phi) is 8.51. The van der Waals surface area contributed by atoms with Crippen LogP contribution in [0.1, 0.15) is 83.6 Å². The van der Waals surface area contributed by atoms with E-state index in [1.807, 2.05) is 25.1 Å². The number of aromatic hydroxyl groups is 1. The second-order valence-electron chi connectivity index (χ2n) is 11.6. The normalized spacial score (nSPS) is 28.7. The summed E-state index contributed by atoms with van der Waals surface area (Å²) in [4.78, 5) is 29.1. The van der Waals surface area contributed by atoms with Crippen LogP contribution in [0.4, 0.5) is 0 Å². The lowest BCUT2D eigenvalue weighted by Crippen LogP contribution is -2.46. The number of carbonyl (C=O) groups excluding carboxylic acids is 2. The van der Waals surface area contributed by atoms with Crippen molar-refractivity contribution in [3.8, 4) is 5.75 Å². The van der Waals surface area contributed by atoms with Crippen LogP contribution in [-0.4, -0.2) is 46.1 Å². The van der Waals surface area contributed by atoms with Crippen LogP contribution < -0.4 is 0 Å². The highest BCUT2D eigenvalue weighted by atomic mass is 79.9. The van der Waals surface area contributed by atoms with Crippen molar-refractivity contribution in [3.05, 3.63) is 45.0 Å². The SMILES string of the molecule is CCCC1=C2[C@@H](CC/C(C)=C/c3cc(Br)ccc3O)OB(O)C[C@@H]2[C@@H]2C(=O)N(C3CCCCC3)C(=O)[C@@H]2C1. The molecule has 2 aliphatic carbocycles. The number of amides is 2. The number of imide groups is 1. The van der Waals surface area contributed by atoms with Crippen molar-refractivity contribution in [2.75, 3.05) is 0 Å². The summed E-state index contributed by atoms with van der Waals surface area (Å²) in [7, 11) is -0.944. The Labute approximate surface area is 234 Å². The Morgan fingerprint density at radius 2 is 1.95 bits per heavy atom. The van der Waals surface area contributed by atoms with Crippen molar-refractivity contribution < 1.29 is 24.4 Å². The summed E-state index contributed by atoms with van der Waals surface area (Å²) < 4.78 is 7.04.